The lowest BCUT2D eigenvalue weighted by Crippen LogP contribution is -2.51. The van der Waals surface area contributed by atoms with Crippen LogP contribution in [0.15, 0.2) is 12.4 Å². The Morgan fingerprint density at radius 3 is 3.12 bits per heavy atom. The number of H-pyrrole nitrogens is 1. The molecule has 0 aliphatic carbocycles. The lowest BCUT2D eigenvalue weighted by atomic mass is 9.92. The number of nitrogens with one attached hydrogen (secondary N) is 2. The molecule has 2 unspecified atom stereocenters. The van der Waals surface area contributed by atoms with Gasteiger partial charge in [-0.3, -0.25) is 9.89 Å². The van der Waals surface area contributed by atoms with Gasteiger partial charge < -0.3 is 10.2 Å². The smallest absolute Gasteiger partial charge is 0.240 e. The van der Waals surface area contributed by atoms with E-state index in [0.717, 1.165) is 24.9 Å². The van der Waals surface area contributed by atoms with Crippen molar-refractivity contribution in [2.45, 2.75) is 32.4 Å². The summed E-state index contributed by atoms with van der Waals surface area (Å²) in [6, 6.07) is -0.0272. The van der Waals surface area contributed by atoms with Crippen molar-refractivity contribution in [3.8, 4) is 0 Å². The van der Waals surface area contributed by atoms with E-state index < -0.39 is 0 Å². The van der Waals surface area contributed by atoms with Gasteiger partial charge in [-0.25, -0.2) is 0 Å². The molecule has 1 fully saturated rings. The molecule has 0 aromatic carbocycles. The van der Waals surface area contributed by atoms with E-state index in [4.69, 9.17) is 0 Å². The van der Waals surface area contributed by atoms with Gasteiger partial charge in [-0.2, -0.15) is 5.10 Å². The van der Waals surface area contributed by atoms with Crippen LogP contribution in [0.2, 0.25) is 0 Å². The van der Waals surface area contributed by atoms with Crippen LogP contribution in [-0.2, 0) is 11.3 Å². The fourth-order valence-electron chi connectivity index (χ4n) is 2.33. The summed E-state index contributed by atoms with van der Waals surface area (Å²) in [6.07, 6.45) is 5.86. The van der Waals surface area contributed by atoms with Crippen LogP contribution in [0, 0.1) is 5.92 Å². The molecule has 1 aliphatic heterocycles. The maximum Gasteiger partial charge on any atom is 0.240 e. The van der Waals surface area contributed by atoms with Gasteiger partial charge in [0.1, 0.15) is 0 Å². The number of aromatic nitrogens is 2. The number of amides is 1. The molecule has 2 rings (SSSR count). The van der Waals surface area contributed by atoms with Gasteiger partial charge in [0.05, 0.1) is 12.2 Å². The van der Waals surface area contributed by atoms with Gasteiger partial charge in [-0.1, -0.05) is 6.92 Å². The summed E-state index contributed by atoms with van der Waals surface area (Å²) in [4.78, 5) is 14.0. The molecule has 2 N–H and O–H groups in total. The van der Waals surface area contributed by atoms with Crippen molar-refractivity contribution < 1.29 is 4.79 Å². The number of piperidine rings is 1. The Morgan fingerprint density at radius 1 is 1.65 bits per heavy atom. The molecular formula is C12H20N4O. The van der Waals surface area contributed by atoms with Crippen LogP contribution in [0.5, 0.6) is 0 Å². The second kappa shape index (κ2) is 5.31. The second-order valence-corrected chi connectivity index (χ2v) is 4.85. The van der Waals surface area contributed by atoms with Gasteiger partial charge in [0.25, 0.3) is 0 Å². The van der Waals surface area contributed by atoms with Gasteiger partial charge in [0.15, 0.2) is 0 Å². The quantitative estimate of drug-likeness (QED) is 0.814. The first-order chi connectivity index (χ1) is 8.18. The number of aromatic amines is 1. The summed E-state index contributed by atoms with van der Waals surface area (Å²) in [6.45, 7) is 3.70. The summed E-state index contributed by atoms with van der Waals surface area (Å²) in [5.74, 6) is 0.599. The zero-order valence-electron chi connectivity index (χ0n) is 10.4. The van der Waals surface area contributed by atoms with Crippen LogP contribution in [-0.4, -0.2) is 40.6 Å². The minimum atomic E-state index is -0.0272. The molecule has 0 radical (unpaired) electrons. The van der Waals surface area contributed by atoms with E-state index in [2.05, 4.69) is 22.4 Å². The highest BCUT2D eigenvalue weighted by molar-refractivity contribution is 5.82. The third kappa shape index (κ3) is 2.85. The first-order valence-electron chi connectivity index (χ1n) is 6.14. The van der Waals surface area contributed by atoms with Gasteiger partial charge in [0, 0.05) is 25.4 Å². The molecule has 2 heterocycles. The largest absolute Gasteiger partial charge is 0.340 e. The predicted molar refractivity (Wildman–Crippen MR) is 65.3 cm³/mol. The zero-order valence-corrected chi connectivity index (χ0v) is 10.4. The molecule has 1 aromatic heterocycles. The average molecular weight is 236 g/mol. The Morgan fingerprint density at radius 2 is 2.47 bits per heavy atom. The molecule has 17 heavy (non-hydrogen) atoms. The Balaban J connectivity index is 1.94. The van der Waals surface area contributed by atoms with E-state index in [9.17, 15) is 4.79 Å². The number of carbonyl (C=O) groups excluding carboxylic acids is 1. The monoisotopic (exact) mass is 236 g/mol. The van der Waals surface area contributed by atoms with Crippen molar-refractivity contribution >= 4 is 5.91 Å². The molecule has 1 aromatic rings. The Bertz CT molecular complexity index is 363. The fraction of sp³-hybridized carbons (Fsp3) is 0.667. The molecule has 1 saturated heterocycles. The van der Waals surface area contributed by atoms with Gasteiger partial charge in [-0.15, -0.1) is 0 Å². The summed E-state index contributed by atoms with van der Waals surface area (Å²) in [7, 11) is 1.85. The van der Waals surface area contributed by atoms with Crippen LogP contribution in [0.3, 0.4) is 0 Å². The minimum absolute atomic E-state index is 0.0272. The van der Waals surface area contributed by atoms with Gasteiger partial charge in [-0.05, 0) is 25.3 Å². The molecular weight excluding hydrogens is 216 g/mol. The van der Waals surface area contributed by atoms with Crippen molar-refractivity contribution in [3.05, 3.63) is 18.0 Å². The number of carbonyl (C=O) groups is 1. The third-order valence-electron chi connectivity index (χ3n) is 3.39. The number of hydrogen-bond donors (Lipinski definition) is 2. The first-order valence-corrected chi connectivity index (χ1v) is 6.14. The highest BCUT2D eigenvalue weighted by Crippen LogP contribution is 2.17. The number of hydrogen-bond acceptors (Lipinski definition) is 3. The molecule has 5 heteroatoms. The molecule has 0 saturated carbocycles. The van der Waals surface area contributed by atoms with Crippen molar-refractivity contribution in [1.29, 1.82) is 0 Å². The Labute approximate surface area is 102 Å². The van der Waals surface area contributed by atoms with Crippen LogP contribution in [0.4, 0.5) is 0 Å². The van der Waals surface area contributed by atoms with E-state index in [1.807, 2.05) is 13.2 Å². The maximum absolute atomic E-state index is 12.3. The molecule has 0 spiro atoms. The standard InChI is InChI=1S/C12H20N4O/c1-9-4-3-5-13-11(9)12(17)16(2)8-10-6-14-15-7-10/h6-7,9,11,13H,3-5,8H2,1-2H3,(H,14,15). The SMILES string of the molecule is CC1CCCNC1C(=O)N(C)Cc1cn[nH]c1. The minimum Gasteiger partial charge on any atom is -0.340 e. The van der Waals surface area contributed by atoms with Crippen molar-refractivity contribution in [1.82, 2.24) is 20.4 Å². The lowest BCUT2D eigenvalue weighted by Gasteiger charge is -2.32. The van der Waals surface area contributed by atoms with E-state index in [1.165, 1.54) is 0 Å². The normalized spacial score (nSPS) is 24.6. The van der Waals surface area contributed by atoms with E-state index in [1.54, 1.807) is 11.1 Å². The fourth-order valence-corrected chi connectivity index (χ4v) is 2.33. The zero-order chi connectivity index (χ0) is 12.3. The molecule has 1 amide bonds. The third-order valence-corrected chi connectivity index (χ3v) is 3.39. The van der Waals surface area contributed by atoms with Crippen LogP contribution in [0.1, 0.15) is 25.3 Å². The molecule has 2 atom stereocenters. The lowest BCUT2D eigenvalue weighted by molar-refractivity contribution is -0.134. The topological polar surface area (TPSA) is 61.0 Å². The summed E-state index contributed by atoms with van der Waals surface area (Å²) >= 11 is 0. The summed E-state index contributed by atoms with van der Waals surface area (Å²) in [5.41, 5.74) is 1.03. The Kier molecular flexibility index (Phi) is 3.78. The van der Waals surface area contributed by atoms with E-state index in [0.29, 0.717) is 12.5 Å². The van der Waals surface area contributed by atoms with E-state index in [-0.39, 0.29) is 11.9 Å². The molecule has 94 valence electrons. The summed E-state index contributed by atoms with van der Waals surface area (Å²) < 4.78 is 0. The van der Waals surface area contributed by atoms with Crippen LogP contribution in [0.25, 0.3) is 0 Å². The second-order valence-electron chi connectivity index (χ2n) is 4.85. The first kappa shape index (κ1) is 12.1. The van der Waals surface area contributed by atoms with Crippen molar-refractivity contribution in [3.63, 3.8) is 0 Å². The van der Waals surface area contributed by atoms with Gasteiger partial charge >= 0.3 is 0 Å². The molecule has 0 bridgehead atoms. The molecule has 1 aliphatic rings. The number of nitrogens with zero attached hydrogens (tertiary/aromatic N) is 2. The highest BCUT2D eigenvalue weighted by Gasteiger charge is 2.29. The summed E-state index contributed by atoms with van der Waals surface area (Å²) in [5, 5.41) is 9.96. The number of rotatable bonds is 3. The average Bonchev–Trinajstić information content (AvgIpc) is 2.81. The van der Waals surface area contributed by atoms with Crippen LogP contribution >= 0.6 is 0 Å². The van der Waals surface area contributed by atoms with Crippen molar-refractivity contribution in [2.24, 2.45) is 5.92 Å². The van der Waals surface area contributed by atoms with Crippen molar-refractivity contribution in [2.75, 3.05) is 13.6 Å². The molecule has 5 nitrogen and oxygen atoms in total. The number of likely N-dealkylation sites (N-methyl/N-ethyl adjacent to an activating group) is 1. The predicted octanol–water partition coefficient (Wildman–Crippen LogP) is 0.756. The maximum atomic E-state index is 12.3. The highest BCUT2D eigenvalue weighted by atomic mass is 16.2. The van der Waals surface area contributed by atoms with E-state index >= 15 is 0 Å². The van der Waals surface area contributed by atoms with Gasteiger partial charge in [0.2, 0.25) is 5.91 Å². The Hall–Kier alpha value is -1.36. The van der Waals surface area contributed by atoms with Crippen LogP contribution < -0.4 is 5.32 Å².